The predicted octanol–water partition coefficient (Wildman–Crippen LogP) is 3.71. The zero-order valence-corrected chi connectivity index (χ0v) is 59.3. The first-order valence-electron chi connectivity index (χ1n) is 24.0. The van der Waals surface area contributed by atoms with Gasteiger partial charge < -0.3 is 48.2 Å². The van der Waals surface area contributed by atoms with Crippen LogP contribution in [0, 0.1) is 44.4 Å². The van der Waals surface area contributed by atoms with Gasteiger partial charge in [-0.3, -0.25) is 33.7 Å². The van der Waals surface area contributed by atoms with Crippen LogP contribution >= 0.6 is 40.4 Å². The molecule has 0 saturated carbocycles. The number of thiocarbonyl (C=S) groups is 2. The summed E-state index contributed by atoms with van der Waals surface area (Å²) in [5.74, 6) is -3.75. The molecular formula is C57H62BrF3K2N10O11S2. The van der Waals surface area contributed by atoms with E-state index in [0.717, 1.165) is 22.9 Å². The summed E-state index contributed by atoms with van der Waals surface area (Å²) in [4.78, 5) is 98.7. The van der Waals surface area contributed by atoms with Gasteiger partial charge in [0.15, 0.2) is 16.5 Å². The van der Waals surface area contributed by atoms with E-state index in [9.17, 15) is 37.1 Å². The van der Waals surface area contributed by atoms with Crippen LogP contribution in [-0.4, -0.2) is 96.2 Å². The Balaban J connectivity index is -0.000000510. The van der Waals surface area contributed by atoms with Crippen molar-refractivity contribution in [2.75, 3.05) is 49.1 Å². The second kappa shape index (κ2) is 41.3. The van der Waals surface area contributed by atoms with Crippen molar-refractivity contribution >= 4 is 133 Å². The number of aryl methyl sites for hydroxylation is 2. The number of rotatable bonds is 9. The Morgan fingerprint density at radius 2 is 1.19 bits per heavy atom. The molecule has 4 amide bonds. The number of carbonyl (C=O) groups excluding carboxylic acids is 8. The van der Waals surface area contributed by atoms with Crippen molar-refractivity contribution in [1.29, 1.82) is 0 Å². The second-order valence-corrected chi connectivity index (χ2v) is 21.2. The fourth-order valence-corrected chi connectivity index (χ4v) is 7.44. The van der Waals surface area contributed by atoms with Gasteiger partial charge in [-0.15, -0.1) is 0 Å². The molecule has 1 heterocycles. The maximum absolute atomic E-state index is 14.5. The third kappa shape index (κ3) is 27.4. The molecule has 5 aromatic rings. The number of esters is 1. The molecule has 1 aliphatic heterocycles. The Bertz CT molecular complexity index is 3370. The molecule has 0 aliphatic carbocycles. The number of alkyl halides is 1. The summed E-state index contributed by atoms with van der Waals surface area (Å²) in [6.07, 6.45) is 0.250. The minimum absolute atomic E-state index is 0. The van der Waals surface area contributed by atoms with Crippen molar-refractivity contribution in [1.82, 2.24) is 16.0 Å². The van der Waals surface area contributed by atoms with Crippen LogP contribution in [0.5, 0.6) is 0 Å². The molecule has 6 N–H and O–H groups in total. The van der Waals surface area contributed by atoms with E-state index in [2.05, 4.69) is 78.9 Å². The monoisotopic (exact) mass is 1340 g/mol. The largest absolute Gasteiger partial charge is 1.00 e. The SMILES string of the molecule is CNC(=O)c1ccc(N)cc1F.CNC(=O)c1ccc(NC(C)(C)C)cc1F.COC(=O)C(C)(C)Br.O=C=O.O=CO[O-].[C-]#[N+]c1ccc(N2C(=O)C(C)(C)N(c3ccc(C(=O)NC)c(F)c3)C2=S)cc1C.[C-]#[N+]c1ccc(N=C=S)cc1C.[H-].[K+].[K+]. The van der Waals surface area contributed by atoms with Gasteiger partial charge in [0.05, 0.1) is 47.8 Å². The molecule has 0 atom stereocenters. The van der Waals surface area contributed by atoms with E-state index >= 15 is 0 Å². The van der Waals surface area contributed by atoms with Gasteiger partial charge in [-0.2, -0.15) is 14.6 Å². The number of hydrogen-bond acceptors (Lipinski definition) is 16. The Morgan fingerprint density at radius 3 is 1.53 bits per heavy atom. The number of nitrogens with one attached hydrogen (secondary N) is 4. The maximum Gasteiger partial charge on any atom is 1.00 e. The summed E-state index contributed by atoms with van der Waals surface area (Å²) in [6, 6.07) is 22.9. The third-order valence-corrected chi connectivity index (χ3v) is 11.3. The zero-order valence-electron chi connectivity index (χ0n) is 50.9. The number of nitrogens with zero attached hydrogens (tertiary/aromatic N) is 5. The van der Waals surface area contributed by atoms with E-state index in [1.165, 1.54) is 69.6 Å². The number of anilines is 4. The Labute approximate surface area is 602 Å². The van der Waals surface area contributed by atoms with Crippen molar-refractivity contribution < 1.29 is 171 Å². The number of nitrogens with two attached hydrogens (primary N) is 1. The van der Waals surface area contributed by atoms with Gasteiger partial charge in [0, 0.05) is 49.4 Å². The fourth-order valence-electron chi connectivity index (χ4n) is 6.65. The first-order chi connectivity index (χ1) is 39.2. The van der Waals surface area contributed by atoms with Crippen LogP contribution in [-0.2, 0) is 33.6 Å². The van der Waals surface area contributed by atoms with Crippen molar-refractivity contribution in [2.45, 2.75) is 77.7 Å². The van der Waals surface area contributed by atoms with Gasteiger partial charge >= 0.3 is 115 Å². The molecular weight excluding hydrogens is 1280 g/mol. The molecule has 0 spiro atoms. The molecule has 21 nitrogen and oxygen atoms in total. The fraction of sp³-hybridized carbons (Fsp3) is 0.281. The van der Waals surface area contributed by atoms with E-state index in [1.807, 2.05) is 33.8 Å². The van der Waals surface area contributed by atoms with Gasteiger partial charge in [-0.05, 0) is 177 Å². The predicted molar refractivity (Wildman–Crippen MR) is 322 cm³/mol. The molecule has 448 valence electrons. The van der Waals surface area contributed by atoms with Crippen LogP contribution in [0.4, 0.5) is 53.0 Å². The number of isothiocyanates is 1. The number of hydrogen-bond donors (Lipinski definition) is 5. The summed E-state index contributed by atoms with van der Waals surface area (Å²) in [7, 11) is 5.71. The average molecular weight is 1340 g/mol. The Kier molecular flexibility index (Phi) is 40.4. The number of benzene rings is 5. The van der Waals surface area contributed by atoms with Gasteiger partial charge in [0.2, 0.25) is 0 Å². The van der Waals surface area contributed by atoms with Crippen molar-refractivity contribution in [3.63, 3.8) is 0 Å². The van der Waals surface area contributed by atoms with Crippen LogP contribution in [0.3, 0.4) is 0 Å². The maximum atomic E-state index is 14.5. The number of halogens is 4. The molecule has 86 heavy (non-hydrogen) atoms. The van der Waals surface area contributed by atoms with Gasteiger partial charge in [-0.1, -0.05) is 28.1 Å². The molecule has 1 saturated heterocycles. The van der Waals surface area contributed by atoms with Crippen LogP contribution in [0.15, 0.2) is 96.0 Å². The minimum atomic E-state index is -1.07. The zero-order chi connectivity index (χ0) is 64.9. The molecule has 1 aliphatic rings. The first-order valence-corrected chi connectivity index (χ1v) is 25.6. The molecule has 0 radical (unpaired) electrons. The average Bonchev–Trinajstić information content (AvgIpc) is 1.71. The summed E-state index contributed by atoms with van der Waals surface area (Å²) in [6.45, 7) is 30.3. The molecule has 5 aromatic carbocycles. The van der Waals surface area contributed by atoms with Crippen LogP contribution < -0.4 is 145 Å². The standard InChI is InChI=1S/C21H19FN4O2S.C12H17FN2O.C9H6N2S.C8H9FN2O.C5H9BrO2.CH2O3.CO2.2K.H/c1-12-10-13(7-9-17(12)23-4)25-19(28)21(2,3)26(20(25)29)14-6-8-15(16(22)11-14)18(27)24-5;1-12(2,3)15-8-5-6-9(10(13)7-8)11(16)14-4;1-7-5-8(11-6-12)3-4-9(7)10-2;1-11-8(12)6-3-2-5(10)4-7(6)9;1-5(2,6)4(7)8-3;2-1-4-3;2-1-3;;;/h6-11H,1-3,5H3,(H,24,27);5-7,15H,1-4H3,(H,14,16);3-5H,1H3;2-4H,10H2,1H3,(H,11,12);1-3H3;1,3H;;;;/q;;;;;;;2*+1;-1/p-1. The normalized spacial score (nSPS) is 11.1. The van der Waals surface area contributed by atoms with Gasteiger partial charge in [-0.25, -0.2) is 22.9 Å². The Hall–Kier alpha value is -5.93. The smallest absolute Gasteiger partial charge is 1.00 e. The van der Waals surface area contributed by atoms with E-state index in [0.29, 0.717) is 34.1 Å². The number of methoxy groups -OCH3 is 1. The van der Waals surface area contributed by atoms with Gasteiger partial charge in [0.1, 0.15) is 27.3 Å². The summed E-state index contributed by atoms with van der Waals surface area (Å²) in [5, 5.41) is 21.1. The van der Waals surface area contributed by atoms with E-state index in [1.54, 1.807) is 82.0 Å². The number of carbonyl (C=O) groups is 6. The molecule has 0 aromatic heterocycles. The van der Waals surface area contributed by atoms with Crippen LogP contribution in [0.25, 0.3) is 9.69 Å². The molecule has 6 rings (SSSR count). The summed E-state index contributed by atoms with van der Waals surface area (Å²) in [5.41, 5.74) is 9.49. The number of ether oxygens (including phenoxy) is 1. The minimum Gasteiger partial charge on any atom is -1.00 e. The number of amides is 4. The van der Waals surface area contributed by atoms with Crippen molar-refractivity contribution in [3.05, 3.63) is 159 Å². The van der Waals surface area contributed by atoms with Gasteiger partial charge in [0.25, 0.3) is 30.1 Å². The Morgan fingerprint density at radius 1 is 0.767 bits per heavy atom. The topological polar surface area (TPSA) is 280 Å². The molecule has 29 heteroatoms. The number of nitrogen functional groups attached to an aromatic ring is 1. The van der Waals surface area contributed by atoms with Crippen LogP contribution in [0.2, 0.25) is 0 Å². The summed E-state index contributed by atoms with van der Waals surface area (Å²) >= 11 is 13.2. The van der Waals surface area contributed by atoms with Crippen molar-refractivity contribution in [2.24, 2.45) is 4.99 Å². The second-order valence-electron chi connectivity index (χ2n) is 18.6. The first kappa shape index (κ1) is 84.3. The quantitative estimate of drug-likeness (QED) is 0.0134. The van der Waals surface area contributed by atoms with Crippen LogP contribution in [0.1, 0.15) is 92.1 Å². The van der Waals surface area contributed by atoms with E-state index in [-0.39, 0.29) is 156 Å². The van der Waals surface area contributed by atoms with E-state index < -0.39 is 45.0 Å². The third-order valence-electron chi connectivity index (χ3n) is 10.5. The van der Waals surface area contributed by atoms with E-state index in [4.69, 9.17) is 50.7 Å². The molecule has 1 fully saturated rings. The molecule has 0 bridgehead atoms. The number of aliphatic imine (C=N–C) groups is 1. The molecule has 0 unspecified atom stereocenters. The van der Waals surface area contributed by atoms with Crippen molar-refractivity contribution in [3.8, 4) is 0 Å². The summed E-state index contributed by atoms with van der Waals surface area (Å²) < 4.78 is 44.9.